The highest BCUT2D eigenvalue weighted by Crippen LogP contribution is 2.15. The van der Waals surface area contributed by atoms with Crippen LogP contribution in [-0.4, -0.2) is 86.5 Å². The summed E-state index contributed by atoms with van der Waals surface area (Å²) >= 11 is 0. The Morgan fingerprint density at radius 3 is 1.88 bits per heavy atom. The molecular weight excluding hydrogens is 338 g/mol. The normalized spacial score (nSPS) is 15.1. The molecule has 1 aromatic rings. The monoisotopic (exact) mass is 361 g/mol. The lowest BCUT2D eigenvalue weighted by Crippen LogP contribution is -2.45. The van der Waals surface area contributed by atoms with Crippen molar-refractivity contribution in [3.05, 3.63) is 29.8 Å². The first kappa shape index (κ1) is 21.3. The van der Waals surface area contributed by atoms with E-state index in [1.165, 1.54) is 24.3 Å². The Morgan fingerprint density at radius 1 is 1.00 bits per heavy atom. The number of rotatable bonds is 12. The smallest absolute Gasteiger partial charge is 0.326 e. The minimum atomic E-state index is -1.35. The van der Waals surface area contributed by atoms with Gasteiger partial charge in [-0.25, -0.2) is 0 Å². The van der Waals surface area contributed by atoms with Crippen LogP contribution < -0.4 is 0 Å². The summed E-state index contributed by atoms with van der Waals surface area (Å²) in [6, 6.07) is 4.49. The van der Waals surface area contributed by atoms with Crippen LogP contribution in [0.25, 0.3) is 0 Å². The largest absolute Gasteiger partial charge is 0.508 e. The van der Waals surface area contributed by atoms with E-state index < -0.39 is 50.6 Å². The molecule has 0 spiro atoms. The van der Waals surface area contributed by atoms with Gasteiger partial charge < -0.3 is 30.6 Å². The minimum Gasteiger partial charge on any atom is -0.508 e. The summed E-state index contributed by atoms with van der Waals surface area (Å²) in [5.41, 5.74) is 0.563. The summed E-state index contributed by atoms with van der Waals surface area (Å²) in [7, 11) is 0. The van der Waals surface area contributed by atoms with Gasteiger partial charge in [0.2, 0.25) is 0 Å². The van der Waals surface area contributed by atoms with Gasteiger partial charge in [-0.3, -0.25) is 14.5 Å². The summed E-state index contributed by atoms with van der Waals surface area (Å²) in [6.45, 7) is -2.07. The summed E-state index contributed by atoms with van der Waals surface area (Å²) in [6.07, 6.45) is -2.57. The Balaban J connectivity index is 2.85. The number of hydrogen-bond acceptors (Lipinski definition) is 9. The van der Waals surface area contributed by atoms with Crippen molar-refractivity contribution >= 4 is 5.97 Å². The predicted octanol–water partition coefficient (Wildman–Crippen LogP) is -1.74. The number of nitrogens with zero attached hydrogens (tertiary/aromatic N) is 1. The molecule has 0 aliphatic carbocycles. The quantitative estimate of drug-likeness (QED) is 0.236. The van der Waals surface area contributed by atoms with Crippen LogP contribution in [0, 0.1) is 0 Å². The van der Waals surface area contributed by atoms with Crippen molar-refractivity contribution in [3.8, 4) is 5.75 Å². The summed E-state index contributed by atoms with van der Waals surface area (Å²) in [5.74, 6) is -1.28. The molecule has 0 saturated heterocycles. The molecule has 0 bridgehead atoms. The maximum Gasteiger partial charge on any atom is 0.326 e. The second-order valence-corrected chi connectivity index (χ2v) is 5.27. The molecule has 1 rings (SSSR count). The standard InChI is InChI=1S/C15H23NO9/c17-6-12(20)8-24-16(25-9-13(21)7-18)14(15(22)23)5-10-1-3-11(19)4-2-10/h1-4,12-14,17-21H,5-9H2,(H,22,23)/t12?,13?,14-/m0/s1. The Bertz CT molecular complexity index is 496. The number of aliphatic carboxylic acids is 1. The summed E-state index contributed by atoms with van der Waals surface area (Å²) in [5, 5.41) is 55.6. The van der Waals surface area contributed by atoms with Crippen LogP contribution in [-0.2, 0) is 20.9 Å². The van der Waals surface area contributed by atoms with Crippen molar-refractivity contribution in [1.29, 1.82) is 0 Å². The number of benzene rings is 1. The number of hydroxylamine groups is 2. The molecule has 1 aromatic carbocycles. The SMILES string of the molecule is O=C(O)[C@H](Cc1ccc(O)cc1)N(OCC(O)CO)OCC(O)CO. The second-order valence-electron chi connectivity index (χ2n) is 5.27. The third kappa shape index (κ3) is 7.75. The first-order valence-electron chi connectivity index (χ1n) is 7.51. The van der Waals surface area contributed by atoms with Crippen molar-refractivity contribution in [2.24, 2.45) is 0 Å². The Labute approximate surface area is 144 Å². The van der Waals surface area contributed by atoms with Crippen molar-refractivity contribution in [3.63, 3.8) is 0 Å². The molecule has 0 aliphatic rings. The van der Waals surface area contributed by atoms with Gasteiger partial charge >= 0.3 is 5.97 Å². The molecule has 3 atom stereocenters. The summed E-state index contributed by atoms with van der Waals surface area (Å²) in [4.78, 5) is 21.7. The van der Waals surface area contributed by atoms with Crippen LogP contribution in [0.1, 0.15) is 5.56 Å². The topological polar surface area (TPSA) is 160 Å². The molecule has 25 heavy (non-hydrogen) atoms. The molecule has 10 heteroatoms. The lowest BCUT2D eigenvalue weighted by Gasteiger charge is -2.28. The third-order valence-corrected chi connectivity index (χ3v) is 3.11. The number of carboxylic acids is 1. The Kier molecular flexibility index (Phi) is 9.31. The zero-order chi connectivity index (χ0) is 18.8. The predicted molar refractivity (Wildman–Crippen MR) is 83.2 cm³/mol. The molecule has 0 amide bonds. The van der Waals surface area contributed by atoms with Gasteiger partial charge in [-0.15, -0.1) is 0 Å². The molecular formula is C15H23NO9. The molecule has 142 valence electrons. The van der Waals surface area contributed by atoms with Crippen molar-refractivity contribution in [2.75, 3.05) is 26.4 Å². The summed E-state index contributed by atoms with van der Waals surface area (Å²) < 4.78 is 0. The van der Waals surface area contributed by atoms with Crippen molar-refractivity contribution in [1.82, 2.24) is 5.23 Å². The molecule has 0 fully saturated rings. The van der Waals surface area contributed by atoms with E-state index in [9.17, 15) is 25.2 Å². The highest BCUT2D eigenvalue weighted by Gasteiger charge is 2.29. The molecule has 10 nitrogen and oxygen atoms in total. The number of aromatic hydroxyl groups is 1. The average molecular weight is 361 g/mol. The first-order valence-corrected chi connectivity index (χ1v) is 7.51. The zero-order valence-electron chi connectivity index (χ0n) is 13.4. The van der Waals surface area contributed by atoms with Crippen molar-refractivity contribution < 1.29 is 45.1 Å². The fourth-order valence-electron chi connectivity index (χ4n) is 1.75. The molecule has 0 aromatic heterocycles. The Hall–Kier alpha value is -1.79. The van der Waals surface area contributed by atoms with Gasteiger partial charge in [0, 0.05) is 6.42 Å². The molecule has 0 radical (unpaired) electrons. The van der Waals surface area contributed by atoms with Gasteiger partial charge in [0.25, 0.3) is 0 Å². The third-order valence-electron chi connectivity index (χ3n) is 3.11. The van der Waals surface area contributed by atoms with Crippen LogP contribution in [0.3, 0.4) is 0 Å². The number of hydrogen-bond donors (Lipinski definition) is 6. The van der Waals surface area contributed by atoms with E-state index in [4.69, 9.17) is 19.9 Å². The second kappa shape index (κ2) is 10.9. The Morgan fingerprint density at radius 2 is 1.48 bits per heavy atom. The van der Waals surface area contributed by atoms with Crippen LogP contribution in [0.5, 0.6) is 5.75 Å². The lowest BCUT2D eigenvalue weighted by molar-refractivity contribution is -0.393. The van der Waals surface area contributed by atoms with E-state index in [1.807, 2.05) is 0 Å². The highest BCUT2D eigenvalue weighted by molar-refractivity contribution is 5.73. The van der Waals surface area contributed by atoms with E-state index in [-0.39, 0.29) is 12.2 Å². The van der Waals surface area contributed by atoms with E-state index in [2.05, 4.69) is 0 Å². The minimum absolute atomic E-state index is 0.0251. The maximum atomic E-state index is 11.6. The van der Waals surface area contributed by atoms with Crippen LogP contribution in [0.15, 0.2) is 24.3 Å². The fourth-order valence-corrected chi connectivity index (χ4v) is 1.75. The molecule has 0 aliphatic heterocycles. The fraction of sp³-hybridized carbons (Fsp3) is 0.533. The maximum absolute atomic E-state index is 11.6. The van der Waals surface area contributed by atoms with Crippen LogP contribution in [0.4, 0.5) is 0 Å². The van der Waals surface area contributed by atoms with Gasteiger partial charge in [-0.2, -0.15) is 0 Å². The molecule has 0 saturated carbocycles. The number of carboxylic acid groups (broad SMARTS) is 1. The van der Waals surface area contributed by atoms with E-state index >= 15 is 0 Å². The van der Waals surface area contributed by atoms with E-state index in [1.54, 1.807) is 0 Å². The van der Waals surface area contributed by atoms with Gasteiger partial charge in [0.15, 0.2) is 6.04 Å². The van der Waals surface area contributed by atoms with E-state index in [0.29, 0.717) is 10.8 Å². The van der Waals surface area contributed by atoms with Gasteiger partial charge in [-0.05, 0) is 17.7 Å². The highest BCUT2D eigenvalue weighted by atomic mass is 17.0. The molecule has 6 N–H and O–H groups in total. The van der Waals surface area contributed by atoms with Gasteiger partial charge in [0.1, 0.15) is 18.0 Å². The number of aliphatic hydroxyl groups is 4. The van der Waals surface area contributed by atoms with E-state index in [0.717, 1.165) is 0 Å². The zero-order valence-corrected chi connectivity index (χ0v) is 13.4. The lowest BCUT2D eigenvalue weighted by atomic mass is 10.1. The number of carbonyl (C=O) groups is 1. The van der Waals surface area contributed by atoms with Crippen LogP contribution in [0.2, 0.25) is 0 Å². The molecule has 2 unspecified atom stereocenters. The number of phenols is 1. The average Bonchev–Trinajstić information content (AvgIpc) is 2.60. The number of aliphatic hydroxyl groups excluding tert-OH is 4. The van der Waals surface area contributed by atoms with Crippen molar-refractivity contribution in [2.45, 2.75) is 24.7 Å². The first-order chi connectivity index (χ1) is 11.9. The molecule has 0 heterocycles. The van der Waals surface area contributed by atoms with Gasteiger partial charge in [-0.1, -0.05) is 17.4 Å². The number of phenolic OH excluding ortho intramolecular Hbond substituents is 1. The van der Waals surface area contributed by atoms with Gasteiger partial charge in [0.05, 0.1) is 26.4 Å². The van der Waals surface area contributed by atoms with Crippen LogP contribution >= 0.6 is 0 Å².